The lowest BCUT2D eigenvalue weighted by molar-refractivity contribution is 0.0618. The minimum atomic E-state index is 0.325. The number of halogens is 1. The molecule has 0 aromatic carbocycles. The largest absolute Gasteiger partial charge is 0.369 e. The molecule has 2 heterocycles. The van der Waals surface area contributed by atoms with Gasteiger partial charge in [0, 0.05) is 10.6 Å². The van der Waals surface area contributed by atoms with Crippen LogP contribution in [0.15, 0.2) is 6.20 Å². The highest BCUT2D eigenvalue weighted by Gasteiger charge is 2.26. The van der Waals surface area contributed by atoms with Gasteiger partial charge in [0.2, 0.25) is 0 Å². The normalized spacial score (nSPS) is 28.2. The number of aryl methyl sites for hydroxylation is 1. The number of hydrogen-bond acceptors (Lipinski definition) is 3. The number of rotatable bonds is 2. The van der Waals surface area contributed by atoms with Crippen molar-refractivity contribution in [3.63, 3.8) is 0 Å². The average molecular weight is 309 g/mol. The molecule has 1 aromatic rings. The van der Waals surface area contributed by atoms with Crippen LogP contribution in [0.1, 0.15) is 28.8 Å². The Kier molecular flexibility index (Phi) is 3.21. The number of aromatic nitrogens is 1. The predicted octanol–water partition coefficient (Wildman–Crippen LogP) is 3.11. The van der Waals surface area contributed by atoms with Crippen LogP contribution >= 0.6 is 33.9 Å². The molecule has 4 heteroatoms. The van der Waals surface area contributed by atoms with Crippen molar-refractivity contribution in [2.75, 3.05) is 4.43 Å². The zero-order chi connectivity index (χ0) is 9.26. The minimum Gasteiger partial charge on any atom is -0.369 e. The summed E-state index contributed by atoms with van der Waals surface area (Å²) in [6, 6.07) is 0. The molecule has 0 saturated carbocycles. The highest BCUT2D eigenvalue weighted by Crippen LogP contribution is 2.35. The van der Waals surface area contributed by atoms with Gasteiger partial charge in [0.15, 0.2) is 0 Å². The summed E-state index contributed by atoms with van der Waals surface area (Å²) in [5.74, 6) is 0. The topological polar surface area (TPSA) is 22.1 Å². The van der Waals surface area contributed by atoms with Gasteiger partial charge in [0.05, 0.1) is 22.1 Å². The Morgan fingerprint density at radius 1 is 1.69 bits per heavy atom. The van der Waals surface area contributed by atoms with E-state index in [1.807, 2.05) is 13.1 Å². The molecule has 0 spiro atoms. The fourth-order valence-corrected chi connectivity index (χ4v) is 3.06. The Balaban J connectivity index is 2.03. The summed E-state index contributed by atoms with van der Waals surface area (Å²) in [6.07, 6.45) is 5.11. The Bertz CT molecular complexity index is 289. The van der Waals surface area contributed by atoms with Crippen molar-refractivity contribution < 1.29 is 4.74 Å². The number of alkyl halides is 1. The van der Waals surface area contributed by atoms with Crippen molar-refractivity contribution in [1.82, 2.24) is 4.98 Å². The standard InChI is InChI=1S/C9H12INOS/c1-6-11-5-9(13-6)8-3-2-7(4-10)12-8/h5,7-8H,2-4H2,1H3. The quantitative estimate of drug-likeness (QED) is 0.618. The molecule has 2 nitrogen and oxygen atoms in total. The molecule has 0 amide bonds. The van der Waals surface area contributed by atoms with Crippen LogP contribution in [0.5, 0.6) is 0 Å². The summed E-state index contributed by atoms with van der Waals surface area (Å²) in [4.78, 5) is 5.54. The van der Waals surface area contributed by atoms with Crippen molar-refractivity contribution in [3.05, 3.63) is 16.1 Å². The lowest BCUT2D eigenvalue weighted by Crippen LogP contribution is -2.06. The monoisotopic (exact) mass is 309 g/mol. The Hall–Kier alpha value is 0.320. The third-order valence-electron chi connectivity index (χ3n) is 2.24. The van der Waals surface area contributed by atoms with E-state index in [9.17, 15) is 0 Å². The van der Waals surface area contributed by atoms with Gasteiger partial charge < -0.3 is 4.74 Å². The molecule has 1 aromatic heterocycles. The number of thiazole rings is 1. The minimum absolute atomic E-state index is 0.325. The second-order valence-electron chi connectivity index (χ2n) is 3.26. The van der Waals surface area contributed by atoms with Gasteiger partial charge in [-0.1, -0.05) is 22.6 Å². The first kappa shape index (κ1) is 9.86. The van der Waals surface area contributed by atoms with Gasteiger partial charge in [-0.05, 0) is 19.8 Å². The van der Waals surface area contributed by atoms with E-state index in [0.717, 1.165) is 15.9 Å². The van der Waals surface area contributed by atoms with Crippen LogP contribution in [0.4, 0.5) is 0 Å². The van der Waals surface area contributed by atoms with E-state index in [1.54, 1.807) is 11.3 Å². The number of nitrogens with zero attached hydrogens (tertiary/aromatic N) is 1. The first-order valence-electron chi connectivity index (χ1n) is 4.43. The molecule has 1 saturated heterocycles. The molecule has 1 aliphatic rings. The van der Waals surface area contributed by atoms with Crippen LogP contribution in [-0.2, 0) is 4.74 Å². The summed E-state index contributed by atoms with van der Waals surface area (Å²) in [5, 5.41) is 1.14. The molecule has 0 aliphatic carbocycles. The molecule has 2 unspecified atom stereocenters. The highest BCUT2D eigenvalue weighted by atomic mass is 127. The van der Waals surface area contributed by atoms with Crippen LogP contribution in [0, 0.1) is 6.92 Å². The summed E-state index contributed by atoms with van der Waals surface area (Å²) in [6.45, 7) is 2.04. The summed E-state index contributed by atoms with van der Waals surface area (Å²) in [7, 11) is 0. The number of ether oxygens (including phenoxy) is 1. The molecule has 1 fully saturated rings. The summed E-state index contributed by atoms with van der Waals surface area (Å²) >= 11 is 4.15. The Morgan fingerprint density at radius 2 is 2.54 bits per heavy atom. The molecular weight excluding hydrogens is 297 g/mol. The van der Waals surface area contributed by atoms with E-state index in [4.69, 9.17) is 4.74 Å². The fraction of sp³-hybridized carbons (Fsp3) is 0.667. The first-order chi connectivity index (χ1) is 6.29. The number of hydrogen-bond donors (Lipinski definition) is 0. The average Bonchev–Trinajstić information content (AvgIpc) is 2.71. The van der Waals surface area contributed by atoms with Crippen molar-refractivity contribution in [2.45, 2.75) is 32.0 Å². The van der Waals surface area contributed by atoms with Crippen molar-refractivity contribution >= 4 is 33.9 Å². The van der Waals surface area contributed by atoms with Crippen molar-refractivity contribution in [3.8, 4) is 0 Å². The Labute approximate surface area is 95.9 Å². The third kappa shape index (κ3) is 2.22. The predicted molar refractivity (Wildman–Crippen MR) is 62.6 cm³/mol. The molecular formula is C9H12INOS. The van der Waals surface area contributed by atoms with E-state index in [2.05, 4.69) is 27.6 Å². The molecule has 0 bridgehead atoms. The van der Waals surface area contributed by atoms with Crippen LogP contribution in [-0.4, -0.2) is 15.5 Å². The summed E-state index contributed by atoms with van der Waals surface area (Å²) in [5.41, 5.74) is 0. The second kappa shape index (κ2) is 4.23. The van der Waals surface area contributed by atoms with Crippen LogP contribution in [0.25, 0.3) is 0 Å². The van der Waals surface area contributed by atoms with E-state index in [1.165, 1.54) is 11.3 Å². The van der Waals surface area contributed by atoms with E-state index in [0.29, 0.717) is 12.2 Å². The van der Waals surface area contributed by atoms with Gasteiger partial charge in [0.1, 0.15) is 0 Å². The molecule has 2 rings (SSSR count). The summed E-state index contributed by atoms with van der Waals surface area (Å²) < 4.78 is 6.98. The maximum absolute atomic E-state index is 5.87. The van der Waals surface area contributed by atoms with Gasteiger partial charge in [-0.3, -0.25) is 0 Å². The first-order valence-corrected chi connectivity index (χ1v) is 6.77. The van der Waals surface area contributed by atoms with Gasteiger partial charge in [-0.15, -0.1) is 11.3 Å². The van der Waals surface area contributed by atoms with Gasteiger partial charge in [-0.25, -0.2) is 4.98 Å². The van der Waals surface area contributed by atoms with Crippen molar-refractivity contribution in [2.24, 2.45) is 0 Å². The molecule has 13 heavy (non-hydrogen) atoms. The molecule has 72 valence electrons. The van der Waals surface area contributed by atoms with Crippen LogP contribution < -0.4 is 0 Å². The second-order valence-corrected chi connectivity index (χ2v) is 5.41. The van der Waals surface area contributed by atoms with Crippen LogP contribution in [0.3, 0.4) is 0 Å². The maximum atomic E-state index is 5.87. The SMILES string of the molecule is Cc1ncc(C2CCC(CI)O2)s1. The molecule has 0 radical (unpaired) electrons. The zero-order valence-corrected chi connectivity index (χ0v) is 10.5. The molecule has 2 atom stereocenters. The van der Waals surface area contributed by atoms with Gasteiger partial charge >= 0.3 is 0 Å². The molecule has 0 N–H and O–H groups in total. The van der Waals surface area contributed by atoms with Gasteiger partial charge in [-0.2, -0.15) is 0 Å². The highest BCUT2D eigenvalue weighted by molar-refractivity contribution is 14.1. The van der Waals surface area contributed by atoms with Crippen LogP contribution in [0.2, 0.25) is 0 Å². The van der Waals surface area contributed by atoms with Gasteiger partial charge in [0.25, 0.3) is 0 Å². The van der Waals surface area contributed by atoms with E-state index in [-0.39, 0.29) is 0 Å². The molecule has 1 aliphatic heterocycles. The maximum Gasteiger partial charge on any atom is 0.0938 e. The van der Waals surface area contributed by atoms with E-state index < -0.39 is 0 Å². The van der Waals surface area contributed by atoms with E-state index >= 15 is 0 Å². The Morgan fingerprint density at radius 3 is 3.08 bits per heavy atom. The fourth-order valence-electron chi connectivity index (χ4n) is 1.56. The third-order valence-corrected chi connectivity index (χ3v) is 4.22. The van der Waals surface area contributed by atoms with Crippen molar-refractivity contribution in [1.29, 1.82) is 0 Å². The lowest BCUT2D eigenvalue weighted by atomic mass is 10.2. The zero-order valence-electron chi connectivity index (χ0n) is 7.50. The lowest BCUT2D eigenvalue weighted by Gasteiger charge is -2.08. The smallest absolute Gasteiger partial charge is 0.0938 e.